The Hall–Kier alpha value is -2.50. The first-order valence-corrected chi connectivity index (χ1v) is 11.3. The van der Waals surface area contributed by atoms with Gasteiger partial charge in [-0.25, -0.2) is 4.98 Å². The highest BCUT2D eigenvalue weighted by Crippen LogP contribution is 2.27. The summed E-state index contributed by atoms with van der Waals surface area (Å²) in [5.74, 6) is 0.0335. The number of thiazole rings is 1. The summed E-state index contributed by atoms with van der Waals surface area (Å²) in [6.07, 6.45) is 1.04. The molecule has 1 heterocycles. The minimum atomic E-state index is 0.0335. The fraction of sp³-hybridized carbons (Fsp3) is 0.360. The summed E-state index contributed by atoms with van der Waals surface area (Å²) in [6, 6.07) is 12.9. The minimum Gasteiger partial charge on any atom is -0.324 e. The third-order valence-electron chi connectivity index (χ3n) is 5.33. The van der Waals surface area contributed by atoms with Crippen LogP contribution in [0.4, 0.5) is 5.69 Å². The molecule has 0 fully saturated rings. The lowest BCUT2D eigenvalue weighted by atomic mass is 10.1. The molecule has 1 unspecified atom stereocenters. The molecule has 2 aromatic carbocycles. The van der Waals surface area contributed by atoms with Crippen LogP contribution in [0, 0.1) is 27.7 Å². The molecular weight excluding hydrogens is 390 g/mol. The van der Waals surface area contributed by atoms with Crippen molar-refractivity contribution in [3.8, 4) is 11.3 Å². The van der Waals surface area contributed by atoms with Crippen LogP contribution in [0.3, 0.4) is 0 Å². The van der Waals surface area contributed by atoms with Gasteiger partial charge in [0, 0.05) is 16.1 Å². The summed E-state index contributed by atoms with van der Waals surface area (Å²) in [5, 5.41) is 4.16. The third-order valence-corrected chi connectivity index (χ3v) is 6.30. The van der Waals surface area contributed by atoms with Crippen molar-refractivity contribution in [3.63, 3.8) is 0 Å². The van der Waals surface area contributed by atoms with E-state index in [1.807, 2.05) is 20.9 Å². The zero-order valence-corrected chi connectivity index (χ0v) is 19.7. The number of anilines is 1. The molecule has 1 aromatic heterocycles. The molecule has 0 saturated carbocycles. The van der Waals surface area contributed by atoms with E-state index >= 15 is 0 Å². The fourth-order valence-corrected chi connectivity index (χ4v) is 4.92. The van der Waals surface area contributed by atoms with Crippen LogP contribution < -0.4 is 10.2 Å². The second-order valence-electron chi connectivity index (χ2n) is 8.20. The van der Waals surface area contributed by atoms with Crippen molar-refractivity contribution in [2.75, 3.05) is 18.9 Å². The van der Waals surface area contributed by atoms with Gasteiger partial charge >= 0.3 is 0 Å². The largest absolute Gasteiger partial charge is 0.324 e. The van der Waals surface area contributed by atoms with E-state index in [1.54, 1.807) is 11.3 Å². The molecule has 5 heteroatoms. The second-order valence-corrected chi connectivity index (χ2v) is 9.48. The second kappa shape index (κ2) is 9.54. The topological polar surface area (TPSA) is 46.4 Å². The summed E-state index contributed by atoms with van der Waals surface area (Å²) < 4.78 is 0. The quantitative estimate of drug-likeness (QED) is 0.598. The van der Waals surface area contributed by atoms with Gasteiger partial charge in [0.1, 0.15) is 11.6 Å². The summed E-state index contributed by atoms with van der Waals surface area (Å²) >= 11 is 1.72. The Balaban J connectivity index is 1.63. The molecule has 1 amide bonds. The summed E-state index contributed by atoms with van der Waals surface area (Å²) in [5.41, 5.74) is 7.90. The van der Waals surface area contributed by atoms with Crippen LogP contribution in [-0.2, 0) is 17.8 Å². The smallest absolute Gasteiger partial charge is 0.279 e. The Kier molecular flexibility index (Phi) is 7.06. The number of carbonyl (C=O) groups excluding carboxylic acids is 1. The average Bonchev–Trinajstić information content (AvgIpc) is 3.04. The van der Waals surface area contributed by atoms with E-state index in [1.165, 1.54) is 16.0 Å². The van der Waals surface area contributed by atoms with Crippen molar-refractivity contribution < 1.29 is 9.69 Å². The van der Waals surface area contributed by atoms with Gasteiger partial charge < -0.3 is 10.2 Å². The van der Waals surface area contributed by atoms with Gasteiger partial charge in [0.2, 0.25) is 0 Å². The van der Waals surface area contributed by atoms with E-state index in [-0.39, 0.29) is 5.91 Å². The van der Waals surface area contributed by atoms with Gasteiger partial charge in [-0.15, -0.1) is 11.3 Å². The van der Waals surface area contributed by atoms with E-state index in [4.69, 9.17) is 4.98 Å². The normalized spacial score (nSPS) is 12.1. The van der Waals surface area contributed by atoms with Crippen LogP contribution >= 0.6 is 11.3 Å². The number of hydrogen-bond acceptors (Lipinski definition) is 3. The van der Waals surface area contributed by atoms with Crippen molar-refractivity contribution in [1.82, 2.24) is 4.98 Å². The summed E-state index contributed by atoms with van der Waals surface area (Å²) in [6.45, 7) is 11.6. The molecule has 2 N–H and O–H groups in total. The predicted octanol–water partition coefficient (Wildman–Crippen LogP) is 4.26. The number of quaternary nitrogens is 1. The standard InChI is InChI=1S/C25H31N3OS/c1-7-20-8-10-21(11-9-20)25-19(5)30-23(27-25)15-28(6)14-22(29)26-24-17(3)12-16(2)13-18(24)4/h8-13H,7,14-15H2,1-6H3,(H,26,29)/p+1. The summed E-state index contributed by atoms with van der Waals surface area (Å²) in [7, 11) is 2.04. The number of benzene rings is 2. The van der Waals surface area contributed by atoms with Gasteiger partial charge in [0.15, 0.2) is 6.54 Å². The van der Waals surface area contributed by atoms with Crippen molar-refractivity contribution >= 4 is 22.9 Å². The molecule has 0 aliphatic rings. The van der Waals surface area contributed by atoms with Crippen molar-refractivity contribution in [2.45, 2.75) is 47.6 Å². The third kappa shape index (κ3) is 5.35. The van der Waals surface area contributed by atoms with Gasteiger partial charge in [-0.2, -0.15) is 0 Å². The molecule has 3 rings (SSSR count). The number of hydrogen-bond donors (Lipinski definition) is 2. The van der Waals surface area contributed by atoms with E-state index in [0.29, 0.717) is 6.54 Å². The van der Waals surface area contributed by atoms with Gasteiger partial charge in [-0.3, -0.25) is 4.79 Å². The van der Waals surface area contributed by atoms with E-state index in [0.717, 1.165) is 50.9 Å². The number of rotatable bonds is 7. The van der Waals surface area contributed by atoms with E-state index in [9.17, 15) is 4.79 Å². The molecule has 1 atom stereocenters. The minimum absolute atomic E-state index is 0.0335. The van der Waals surface area contributed by atoms with Gasteiger partial charge in [0.25, 0.3) is 5.91 Å². The van der Waals surface area contributed by atoms with Crippen molar-refractivity contribution in [2.24, 2.45) is 0 Å². The average molecular weight is 423 g/mol. The van der Waals surface area contributed by atoms with E-state index < -0.39 is 0 Å². The highest BCUT2D eigenvalue weighted by atomic mass is 32.1. The number of nitrogens with one attached hydrogen (secondary N) is 2. The first-order chi connectivity index (χ1) is 14.3. The predicted molar refractivity (Wildman–Crippen MR) is 126 cm³/mol. The molecule has 0 bridgehead atoms. The summed E-state index contributed by atoms with van der Waals surface area (Å²) in [4.78, 5) is 19.8. The highest BCUT2D eigenvalue weighted by molar-refractivity contribution is 7.12. The molecule has 158 valence electrons. The molecule has 0 aliphatic heterocycles. The Morgan fingerprint density at radius 3 is 2.30 bits per heavy atom. The Morgan fingerprint density at radius 2 is 1.70 bits per heavy atom. The van der Waals surface area contributed by atoms with Crippen LogP contribution in [0.5, 0.6) is 0 Å². The number of nitrogens with zero attached hydrogens (tertiary/aromatic N) is 1. The maximum Gasteiger partial charge on any atom is 0.279 e. The fourth-order valence-electron chi connectivity index (χ4n) is 3.85. The van der Waals surface area contributed by atoms with Crippen LogP contribution in [0.2, 0.25) is 0 Å². The molecule has 0 aliphatic carbocycles. The zero-order chi connectivity index (χ0) is 21.8. The van der Waals surface area contributed by atoms with Crippen molar-refractivity contribution in [3.05, 3.63) is 68.5 Å². The SMILES string of the molecule is CCc1ccc(-c2nc(C[NH+](C)CC(=O)Nc3c(C)cc(C)cc3C)sc2C)cc1. The van der Waals surface area contributed by atoms with Crippen LogP contribution in [-0.4, -0.2) is 24.5 Å². The highest BCUT2D eigenvalue weighted by Gasteiger charge is 2.17. The number of aromatic nitrogens is 1. The lowest BCUT2D eigenvalue weighted by Crippen LogP contribution is -3.08. The van der Waals surface area contributed by atoms with Gasteiger partial charge in [-0.05, 0) is 50.8 Å². The first-order valence-electron chi connectivity index (χ1n) is 10.5. The molecular formula is C25H32N3OS+. The van der Waals surface area contributed by atoms with Gasteiger partial charge in [0.05, 0.1) is 12.7 Å². The molecule has 0 saturated heterocycles. The monoisotopic (exact) mass is 422 g/mol. The lowest BCUT2D eigenvalue weighted by molar-refractivity contribution is -0.885. The van der Waals surface area contributed by atoms with Crippen LogP contribution in [0.15, 0.2) is 36.4 Å². The number of carbonyl (C=O) groups is 1. The maximum absolute atomic E-state index is 12.6. The van der Waals surface area contributed by atoms with Gasteiger partial charge in [-0.1, -0.05) is 48.9 Å². The van der Waals surface area contributed by atoms with Crippen molar-refractivity contribution in [1.29, 1.82) is 0 Å². The molecule has 4 nitrogen and oxygen atoms in total. The molecule has 3 aromatic rings. The molecule has 30 heavy (non-hydrogen) atoms. The van der Waals surface area contributed by atoms with Crippen LogP contribution in [0.1, 0.15) is 39.1 Å². The Morgan fingerprint density at radius 1 is 1.07 bits per heavy atom. The number of aryl methyl sites for hydroxylation is 5. The van der Waals surface area contributed by atoms with E-state index in [2.05, 4.69) is 62.5 Å². The number of amides is 1. The number of likely N-dealkylation sites (N-methyl/N-ethyl adjacent to an activating group) is 1. The lowest BCUT2D eigenvalue weighted by Gasteiger charge is -2.15. The molecule has 0 spiro atoms. The first kappa shape index (κ1) is 22.2. The maximum atomic E-state index is 12.6. The Bertz CT molecular complexity index is 1010. The molecule has 0 radical (unpaired) electrons. The van der Waals surface area contributed by atoms with Crippen LogP contribution in [0.25, 0.3) is 11.3 Å². The Labute approximate surface area is 184 Å². The zero-order valence-electron chi connectivity index (χ0n) is 18.8.